The van der Waals surface area contributed by atoms with Crippen molar-refractivity contribution < 1.29 is 17.9 Å². The second-order valence-corrected chi connectivity index (χ2v) is 3.31. The van der Waals surface area contributed by atoms with Crippen molar-refractivity contribution in [3.05, 3.63) is 35.9 Å². The van der Waals surface area contributed by atoms with E-state index in [1.807, 2.05) is 6.92 Å². The van der Waals surface area contributed by atoms with E-state index >= 15 is 0 Å². The lowest BCUT2D eigenvalue weighted by molar-refractivity contribution is -0.139. The minimum atomic E-state index is -4.40. The van der Waals surface area contributed by atoms with Crippen LogP contribution in [0.2, 0.25) is 0 Å². The van der Waals surface area contributed by atoms with E-state index in [9.17, 15) is 13.2 Å². The van der Waals surface area contributed by atoms with Crippen molar-refractivity contribution in [2.24, 2.45) is 0 Å². The summed E-state index contributed by atoms with van der Waals surface area (Å²) in [6, 6.07) is 3.92. The van der Waals surface area contributed by atoms with E-state index in [0.29, 0.717) is 12.0 Å². The molecule has 16 heavy (non-hydrogen) atoms. The monoisotopic (exact) mass is 230 g/mol. The molecule has 0 spiro atoms. The number of hydrogen-bond donors (Lipinski definition) is 0. The minimum absolute atomic E-state index is 0.125. The summed E-state index contributed by atoms with van der Waals surface area (Å²) in [7, 11) is 0. The first kappa shape index (κ1) is 12.6. The third-order valence-electron chi connectivity index (χ3n) is 2.01. The van der Waals surface area contributed by atoms with Crippen molar-refractivity contribution >= 4 is 6.08 Å². The van der Waals surface area contributed by atoms with Gasteiger partial charge in [0.25, 0.3) is 0 Å². The van der Waals surface area contributed by atoms with Crippen LogP contribution in [0.5, 0.6) is 5.75 Å². The summed E-state index contributed by atoms with van der Waals surface area (Å²) in [5, 5.41) is 0. The largest absolute Gasteiger partial charge is 0.493 e. The minimum Gasteiger partial charge on any atom is -0.493 e. The Kier molecular flexibility index (Phi) is 3.99. The van der Waals surface area contributed by atoms with Crippen molar-refractivity contribution in [3.8, 4) is 5.75 Å². The van der Waals surface area contributed by atoms with Gasteiger partial charge in [0, 0.05) is 0 Å². The van der Waals surface area contributed by atoms with Crippen LogP contribution < -0.4 is 4.74 Å². The molecule has 0 aromatic heterocycles. The van der Waals surface area contributed by atoms with Crippen molar-refractivity contribution in [2.75, 3.05) is 6.61 Å². The van der Waals surface area contributed by atoms with Crippen LogP contribution in [0.25, 0.3) is 6.08 Å². The highest BCUT2D eigenvalue weighted by atomic mass is 19.4. The van der Waals surface area contributed by atoms with Gasteiger partial charge in [-0.3, -0.25) is 0 Å². The lowest BCUT2D eigenvalue weighted by Gasteiger charge is -2.14. The topological polar surface area (TPSA) is 9.23 Å². The molecule has 0 atom stereocenters. The van der Waals surface area contributed by atoms with Gasteiger partial charge in [-0.2, -0.15) is 13.2 Å². The summed E-state index contributed by atoms with van der Waals surface area (Å²) in [5.74, 6) is -0.125. The first-order valence-corrected chi connectivity index (χ1v) is 4.95. The van der Waals surface area contributed by atoms with E-state index in [1.165, 1.54) is 12.1 Å². The van der Waals surface area contributed by atoms with Crippen molar-refractivity contribution in [3.63, 3.8) is 0 Å². The maximum absolute atomic E-state index is 12.7. The van der Waals surface area contributed by atoms with Crippen LogP contribution in [0, 0.1) is 0 Å². The van der Waals surface area contributed by atoms with Gasteiger partial charge in [-0.05, 0) is 24.1 Å². The first-order chi connectivity index (χ1) is 7.49. The van der Waals surface area contributed by atoms with E-state index in [-0.39, 0.29) is 12.4 Å². The molecule has 0 aliphatic carbocycles. The molecule has 4 heteroatoms. The van der Waals surface area contributed by atoms with Crippen molar-refractivity contribution in [1.82, 2.24) is 0 Å². The Morgan fingerprint density at radius 2 is 2.06 bits per heavy atom. The molecule has 0 bridgehead atoms. The first-order valence-electron chi connectivity index (χ1n) is 4.95. The number of rotatable bonds is 4. The van der Waals surface area contributed by atoms with E-state index in [4.69, 9.17) is 4.74 Å². The molecule has 0 radical (unpaired) electrons. The Hall–Kier alpha value is -1.45. The average molecular weight is 230 g/mol. The molecule has 0 amide bonds. The predicted octanol–water partition coefficient (Wildman–Crippen LogP) is 4.14. The van der Waals surface area contributed by atoms with Crippen LogP contribution in [0.15, 0.2) is 24.8 Å². The zero-order valence-electron chi connectivity index (χ0n) is 8.97. The molecule has 88 valence electrons. The number of hydrogen-bond acceptors (Lipinski definition) is 1. The smallest absolute Gasteiger partial charge is 0.419 e. The molecular weight excluding hydrogens is 217 g/mol. The van der Waals surface area contributed by atoms with Gasteiger partial charge < -0.3 is 4.74 Å². The van der Waals surface area contributed by atoms with Gasteiger partial charge in [-0.15, -0.1) is 0 Å². The Morgan fingerprint density at radius 3 is 2.56 bits per heavy atom. The van der Waals surface area contributed by atoms with Gasteiger partial charge >= 0.3 is 6.18 Å². The molecule has 0 heterocycles. The standard InChI is InChI=1S/C12H13F3O/c1-3-7-16-11-6-5-9(4-2)8-10(11)12(13,14)15/h4-6,8H,2-3,7H2,1H3. The van der Waals surface area contributed by atoms with Crippen molar-refractivity contribution in [1.29, 1.82) is 0 Å². The van der Waals surface area contributed by atoms with Crippen molar-refractivity contribution in [2.45, 2.75) is 19.5 Å². The molecule has 0 N–H and O–H groups in total. The van der Waals surface area contributed by atoms with E-state index in [1.54, 1.807) is 6.07 Å². The SMILES string of the molecule is C=Cc1ccc(OCCC)c(C(F)(F)F)c1. The highest BCUT2D eigenvalue weighted by Crippen LogP contribution is 2.37. The molecule has 0 fully saturated rings. The van der Waals surface area contributed by atoms with Crippen LogP contribution in [-0.4, -0.2) is 6.61 Å². The second kappa shape index (κ2) is 5.05. The third kappa shape index (κ3) is 3.02. The summed E-state index contributed by atoms with van der Waals surface area (Å²) < 4.78 is 43.1. The van der Waals surface area contributed by atoms with Gasteiger partial charge in [0.2, 0.25) is 0 Å². The highest BCUT2D eigenvalue weighted by molar-refractivity contribution is 5.52. The fourth-order valence-electron chi connectivity index (χ4n) is 1.23. The molecule has 0 saturated carbocycles. The average Bonchev–Trinajstić information content (AvgIpc) is 2.25. The Labute approximate surface area is 92.5 Å². The summed E-state index contributed by atoms with van der Waals surface area (Å²) in [6.45, 7) is 5.55. The number of halogens is 3. The molecule has 0 unspecified atom stereocenters. The van der Waals surface area contributed by atoms with Gasteiger partial charge in [0.15, 0.2) is 0 Å². The lowest BCUT2D eigenvalue weighted by atomic mass is 10.1. The van der Waals surface area contributed by atoms with Gasteiger partial charge in [0.1, 0.15) is 5.75 Å². The molecule has 1 rings (SSSR count). The summed E-state index contributed by atoms with van der Waals surface area (Å²) in [5.41, 5.74) is -0.325. The normalized spacial score (nSPS) is 11.2. The predicted molar refractivity (Wildman–Crippen MR) is 57.3 cm³/mol. The number of alkyl halides is 3. The van der Waals surface area contributed by atoms with Crippen LogP contribution in [-0.2, 0) is 6.18 Å². The lowest BCUT2D eigenvalue weighted by Crippen LogP contribution is -2.09. The highest BCUT2D eigenvalue weighted by Gasteiger charge is 2.34. The molecular formula is C12H13F3O. The molecule has 0 aliphatic heterocycles. The maximum atomic E-state index is 12.7. The van der Waals surface area contributed by atoms with E-state index in [0.717, 1.165) is 6.07 Å². The van der Waals surface area contributed by atoms with E-state index < -0.39 is 11.7 Å². The molecule has 0 aliphatic rings. The number of ether oxygens (including phenoxy) is 1. The quantitative estimate of drug-likeness (QED) is 0.755. The Bertz CT molecular complexity index is 369. The second-order valence-electron chi connectivity index (χ2n) is 3.31. The summed E-state index contributed by atoms with van der Waals surface area (Å²) in [6.07, 6.45) is -2.36. The van der Waals surface area contributed by atoms with Crippen LogP contribution in [0.1, 0.15) is 24.5 Å². The van der Waals surface area contributed by atoms with Gasteiger partial charge in [-0.1, -0.05) is 25.6 Å². The Balaban J connectivity index is 3.11. The molecule has 1 aromatic carbocycles. The summed E-state index contributed by atoms with van der Waals surface area (Å²) >= 11 is 0. The fourth-order valence-corrected chi connectivity index (χ4v) is 1.23. The van der Waals surface area contributed by atoms with Crippen LogP contribution in [0.4, 0.5) is 13.2 Å². The fraction of sp³-hybridized carbons (Fsp3) is 0.333. The summed E-state index contributed by atoms with van der Waals surface area (Å²) in [4.78, 5) is 0. The van der Waals surface area contributed by atoms with Crippen LogP contribution >= 0.6 is 0 Å². The Morgan fingerprint density at radius 1 is 1.38 bits per heavy atom. The molecule has 1 nitrogen and oxygen atoms in total. The van der Waals surface area contributed by atoms with Crippen LogP contribution in [0.3, 0.4) is 0 Å². The third-order valence-corrected chi connectivity index (χ3v) is 2.01. The molecule has 0 saturated heterocycles. The molecule has 1 aromatic rings. The van der Waals surface area contributed by atoms with E-state index in [2.05, 4.69) is 6.58 Å². The zero-order valence-corrected chi connectivity index (χ0v) is 8.97. The van der Waals surface area contributed by atoms with Gasteiger partial charge in [-0.25, -0.2) is 0 Å². The number of benzene rings is 1. The zero-order chi connectivity index (χ0) is 12.2. The van der Waals surface area contributed by atoms with Gasteiger partial charge in [0.05, 0.1) is 12.2 Å². The maximum Gasteiger partial charge on any atom is 0.419 e.